The molecule has 5 rings (SSSR count). The third-order valence-corrected chi connectivity index (χ3v) is 5.89. The first-order chi connectivity index (χ1) is 17.4. The quantitative estimate of drug-likeness (QED) is 0.314. The number of hydrogen-bond acceptors (Lipinski definition) is 5. The summed E-state index contributed by atoms with van der Waals surface area (Å²) < 4.78 is 35.7. The molecule has 0 spiro atoms. The molecule has 5 aromatic rings. The molecule has 3 heterocycles. The Morgan fingerprint density at radius 1 is 1.14 bits per heavy atom. The van der Waals surface area contributed by atoms with E-state index in [2.05, 4.69) is 20.5 Å². The number of nitrogens with zero attached hydrogens (tertiary/aromatic N) is 5. The van der Waals surface area contributed by atoms with E-state index in [1.54, 1.807) is 47.3 Å². The molecule has 0 atom stereocenters. The summed E-state index contributed by atoms with van der Waals surface area (Å²) in [5.41, 5.74) is 1.22. The van der Waals surface area contributed by atoms with Gasteiger partial charge in [0, 0.05) is 22.8 Å². The van der Waals surface area contributed by atoms with E-state index in [0.29, 0.717) is 22.9 Å². The number of aromatic nitrogens is 5. The smallest absolute Gasteiger partial charge is 0.280 e. The van der Waals surface area contributed by atoms with Crippen molar-refractivity contribution >= 4 is 29.0 Å². The van der Waals surface area contributed by atoms with Crippen molar-refractivity contribution in [3.8, 4) is 17.0 Å². The van der Waals surface area contributed by atoms with Crippen LogP contribution in [0.2, 0.25) is 5.02 Å². The predicted molar refractivity (Wildman–Crippen MR) is 131 cm³/mol. The van der Waals surface area contributed by atoms with Crippen LogP contribution in [0.4, 0.5) is 14.6 Å². The number of methoxy groups -OCH3 is 1. The molecule has 1 N–H and O–H groups in total. The van der Waals surface area contributed by atoms with Crippen LogP contribution in [0.15, 0.2) is 73.1 Å². The first-order valence-corrected chi connectivity index (χ1v) is 11.2. The lowest BCUT2D eigenvalue weighted by molar-refractivity contribution is 0.102. The van der Waals surface area contributed by atoms with Crippen molar-refractivity contribution in [3.63, 3.8) is 0 Å². The van der Waals surface area contributed by atoms with Crippen LogP contribution in [0.3, 0.4) is 0 Å². The topological polar surface area (TPSA) is 86.3 Å². The summed E-state index contributed by atoms with van der Waals surface area (Å²) in [5.74, 6) is 0.156. The van der Waals surface area contributed by atoms with Gasteiger partial charge in [0.2, 0.25) is 0 Å². The molecule has 182 valence electrons. The Hall–Kier alpha value is -4.31. The molecule has 3 aromatic heterocycles. The van der Waals surface area contributed by atoms with Crippen LogP contribution in [-0.2, 0) is 6.54 Å². The number of anilines is 1. The zero-order valence-electron chi connectivity index (χ0n) is 18.9. The maximum Gasteiger partial charge on any atom is 0.280 e. The van der Waals surface area contributed by atoms with Gasteiger partial charge in [0.15, 0.2) is 11.5 Å². The number of benzene rings is 2. The van der Waals surface area contributed by atoms with Crippen LogP contribution in [0.25, 0.3) is 16.9 Å². The Balaban J connectivity index is 1.47. The van der Waals surface area contributed by atoms with Gasteiger partial charge in [0.1, 0.15) is 17.0 Å². The molecule has 0 saturated carbocycles. The monoisotopic (exact) mass is 508 g/mol. The number of para-hydroxylation sites is 1. The van der Waals surface area contributed by atoms with Crippen LogP contribution in [0.5, 0.6) is 5.75 Å². The highest BCUT2D eigenvalue weighted by atomic mass is 35.5. The summed E-state index contributed by atoms with van der Waals surface area (Å²) in [5, 5.41) is 11.6. The van der Waals surface area contributed by atoms with Crippen LogP contribution in [0.1, 0.15) is 28.0 Å². The number of nitrogens with one attached hydrogen (secondary N) is 1. The lowest BCUT2D eigenvalue weighted by Crippen LogP contribution is -2.13. The van der Waals surface area contributed by atoms with Crippen LogP contribution < -0.4 is 10.1 Å². The molecule has 0 bridgehead atoms. The third kappa shape index (κ3) is 4.50. The van der Waals surface area contributed by atoms with E-state index < -0.39 is 18.0 Å². The summed E-state index contributed by atoms with van der Waals surface area (Å²) in [4.78, 5) is 17.6. The number of carbonyl (C=O) groups is 1. The largest absolute Gasteiger partial charge is 0.496 e. The van der Waals surface area contributed by atoms with Gasteiger partial charge in [-0.25, -0.2) is 18.3 Å². The Kier molecular flexibility index (Phi) is 6.34. The summed E-state index contributed by atoms with van der Waals surface area (Å²) in [7, 11) is 1.48. The molecular formula is C25H19ClF2N6O2. The molecule has 0 fully saturated rings. The number of rotatable bonds is 7. The molecule has 11 heteroatoms. The highest BCUT2D eigenvalue weighted by Crippen LogP contribution is 2.32. The van der Waals surface area contributed by atoms with Crippen molar-refractivity contribution in [2.24, 2.45) is 0 Å². The van der Waals surface area contributed by atoms with Gasteiger partial charge in [0.05, 0.1) is 25.5 Å². The number of hydrogen-bond donors (Lipinski definition) is 1. The van der Waals surface area contributed by atoms with Crippen molar-refractivity contribution in [2.75, 3.05) is 12.4 Å². The van der Waals surface area contributed by atoms with Gasteiger partial charge in [-0.3, -0.25) is 9.48 Å². The molecule has 0 unspecified atom stereocenters. The fraction of sp³-hybridized carbons (Fsp3) is 0.120. The highest BCUT2D eigenvalue weighted by molar-refractivity contribution is 6.31. The standard InChI is InChI=1S/C25H19ClF2N6O2/c1-36-21-9-5-3-7-16(21)19-12-20(23(27)28)34-24(30-19)17(13-29-34)25(35)31-22-10-11-33(32-22)14-15-6-2-4-8-18(15)26/h2-13,23H,14H2,1H3,(H,31,32,35). The second kappa shape index (κ2) is 9.74. The molecule has 2 aromatic carbocycles. The highest BCUT2D eigenvalue weighted by Gasteiger charge is 2.23. The second-order valence-electron chi connectivity index (χ2n) is 7.80. The second-order valence-corrected chi connectivity index (χ2v) is 8.21. The summed E-state index contributed by atoms with van der Waals surface area (Å²) in [6, 6.07) is 17.1. The molecular weight excluding hydrogens is 490 g/mol. The minimum atomic E-state index is -2.85. The Labute approximate surface area is 209 Å². The number of alkyl halides is 2. The average Bonchev–Trinajstić information content (AvgIpc) is 3.51. The molecule has 36 heavy (non-hydrogen) atoms. The number of carbonyl (C=O) groups excluding carboxylic acids is 1. The van der Waals surface area contributed by atoms with E-state index in [9.17, 15) is 13.6 Å². The van der Waals surface area contributed by atoms with E-state index in [0.717, 1.165) is 10.1 Å². The van der Waals surface area contributed by atoms with Gasteiger partial charge in [-0.1, -0.05) is 41.9 Å². The summed E-state index contributed by atoms with van der Waals surface area (Å²) in [6.07, 6.45) is 0.0541. The van der Waals surface area contributed by atoms with Crippen molar-refractivity contribution in [3.05, 3.63) is 94.9 Å². The SMILES string of the molecule is COc1ccccc1-c1cc(C(F)F)n2ncc(C(=O)Nc3ccn(Cc4ccccc4Cl)n3)c2n1. The minimum absolute atomic E-state index is 0.0123. The average molecular weight is 509 g/mol. The maximum atomic E-state index is 13.9. The number of fused-ring (bicyclic) bond motifs is 1. The Morgan fingerprint density at radius 2 is 1.92 bits per heavy atom. The van der Waals surface area contributed by atoms with Crippen molar-refractivity contribution in [1.29, 1.82) is 0 Å². The first-order valence-electron chi connectivity index (χ1n) is 10.8. The molecule has 1 amide bonds. The lowest BCUT2D eigenvalue weighted by atomic mass is 10.1. The Bertz CT molecular complexity index is 1570. The first kappa shape index (κ1) is 23.4. The zero-order valence-corrected chi connectivity index (χ0v) is 19.7. The van der Waals surface area contributed by atoms with Gasteiger partial charge in [-0.15, -0.1) is 0 Å². The van der Waals surface area contributed by atoms with Crippen LogP contribution in [-0.4, -0.2) is 37.4 Å². The van der Waals surface area contributed by atoms with Crippen molar-refractivity contribution in [2.45, 2.75) is 13.0 Å². The fourth-order valence-electron chi connectivity index (χ4n) is 3.80. The minimum Gasteiger partial charge on any atom is -0.496 e. The fourth-order valence-corrected chi connectivity index (χ4v) is 3.99. The van der Waals surface area contributed by atoms with Gasteiger partial charge in [-0.2, -0.15) is 10.2 Å². The van der Waals surface area contributed by atoms with Crippen LogP contribution in [0, 0.1) is 0 Å². The molecule has 0 radical (unpaired) electrons. The van der Waals surface area contributed by atoms with Crippen molar-refractivity contribution in [1.82, 2.24) is 24.4 Å². The maximum absolute atomic E-state index is 13.9. The van der Waals surface area contributed by atoms with Crippen LogP contribution >= 0.6 is 11.6 Å². The third-order valence-electron chi connectivity index (χ3n) is 5.52. The van der Waals surface area contributed by atoms with Gasteiger partial charge in [0.25, 0.3) is 12.3 Å². The molecule has 8 nitrogen and oxygen atoms in total. The molecule has 0 aliphatic rings. The van der Waals surface area contributed by atoms with E-state index >= 15 is 0 Å². The molecule has 0 saturated heterocycles. The normalized spacial score (nSPS) is 11.2. The Morgan fingerprint density at radius 3 is 2.69 bits per heavy atom. The summed E-state index contributed by atoms with van der Waals surface area (Å²) >= 11 is 6.21. The van der Waals surface area contributed by atoms with Gasteiger partial charge in [-0.05, 0) is 29.8 Å². The lowest BCUT2D eigenvalue weighted by Gasteiger charge is -2.11. The van der Waals surface area contributed by atoms with Crippen molar-refractivity contribution < 1.29 is 18.3 Å². The number of halogens is 3. The predicted octanol–water partition coefficient (Wildman–Crippen LogP) is 5.49. The van der Waals surface area contributed by atoms with Gasteiger partial charge >= 0.3 is 0 Å². The van der Waals surface area contributed by atoms with E-state index in [4.69, 9.17) is 16.3 Å². The number of ether oxygens (including phenoxy) is 1. The van der Waals surface area contributed by atoms with E-state index in [1.807, 2.05) is 18.2 Å². The van der Waals surface area contributed by atoms with E-state index in [-0.39, 0.29) is 22.7 Å². The van der Waals surface area contributed by atoms with E-state index in [1.165, 1.54) is 19.4 Å². The summed E-state index contributed by atoms with van der Waals surface area (Å²) in [6.45, 7) is 0.411. The number of amides is 1. The molecule has 0 aliphatic heterocycles. The molecule has 0 aliphatic carbocycles. The van der Waals surface area contributed by atoms with Gasteiger partial charge < -0.3 is 10.1 Å². The zero-order chi connectivity index (χ0) is 25.2.